The molecular formula is C23H20ClFN2O5S. The van der Waals surface area contributed by atoms with Crippen LogP contribution in [0.5, 0.6) is 5.75 Å². The van der Waals surface area contributed by atoms with Gasteiger partial charge in [-0.15, -0.1) is 11.3 Å². The van der Waals surface area contributed by atoms with Crippen molar-refractivity contribution in [3.8, 4) is 5.75 Å². The van der Waals surface area contributed by atoms with Crippen LogP contribution >= 0.6 is 22.9 Å². The zero-order valence-corrected chi connectivity index (χ0v) is 18.9. The first-order valence-corrected chi connectivity index (χ1v) is 11.4. The van der Waals surface area contributed by atoms with Gasteiger partial charge in [0, 0.05) is 30.0 Å². The number of hydrogen-bond donors (Lipinski definition) is 1. The highest BCUT2D eigenvalue weighted by atomic mass is 35.5. The number of aromatic nitrogens is 1. The van der Waals surface area contributed by atoms with Gasteiger partial charge in [0.15, 0.2) is 6.61 Å². The second-order valence-corrected chi connectivity index (χ2v) is 8.69. The summed E-state index contributed by atoms with van der Waals surface area (Å²) in [5.41, 5.74) is 3.84. The van der Waals surface area contributed by atoms with Crippen molar-refractivity contribution in [1.29, 1.82) is 0 Å². The molecule has 2 heterocycles. The number of fused-ring (bicyclic) bond motifs is 1. The summed E-state index contributed by atoms with van der Waals surface area (Å²) in [5, 5.41) is 9.46. The average Bonchev–Trinajstić information content (AvgIpc) is 3.26. The molecule has 2 aromatic carbocycles. The number of benzene rings is 2. The number of carbonyl (C=O) groups is 2. The molecule has 33 heavy (non-hydrogen) atoms. The highest BCUT2D eigenvalue weighted by Crippen LogP contribution is 2.42. The molecule has 4 rings (SSSR count). The minimum Gasteiger partial charge on any atom is -0.482 e. The third kappa shape index (κ3) is 5.43. The molecular weight excluding hydrogens is 471 g/mol. The van der Waals surface area contributed by atoms with Gasteiger partial charge in [-0.1, -0.05) is 23.7 Å². The van der Waals surface area contributed by atoms with Crippen molar-refractivity contribution in [3.63, 3.8) is 0 Å². The minimum atomic E-state index is -1.12. The van der Waals surface area contributed by atoms with E-state index in [9.17, 15) is 14.0 Å². The van der Waals surface area contributed by atoms with E-state index >= 15 is 0 Å². The number of rotatable bonds is 7. The summed E-state index contributed by atoms with van der Waals surface area (Å²) >= 11 is 7.64. The van der Waals surface area contributed by atoms with E-state index in [0.29, 0.717) is 35.7 Å². The number of ether oxygens (including phenoxy) is 2. The van der Waals surface area contributed by atoms with Crippen LogP contribution in [-0.4, -0.2) is 46.8 Å². The lowest BCUT2D eigenvalue weighted by Crippen LogP contribution is -2.41. The van der Waals surface area contributed by atoms with Gasteiger partial charge in [-0.25, -0.2) is 19.0 Å². The van der Waals surface area contributed by atoms with Crippen LogP contribution in [0.3, 0.4) is 0 Å². The number of amides is 1. The SMILES string of the molecule is O=C(O)COc1ccc(Cl)cc1C1c2scnc2CCN1C(=O)OCCc1cccc(F)c1. The maximum atomic E-state index is 13.4. The van der Waals surface area contributed by atoms with E-state index in [1.165, 1.54) is 23.5 Å². The van der Waals surface area contributed by atoms with Crippen molar-refractivity contribution in [3.05, 3.63) is 80.5 Å². The van der Waals surface area contributed by atoms with Gasteiger partial charge >= 0.3 is 12.1 Å². The Labute approximate surface area is 198 Å². The smallest absolute Gasteiger partial charge is 0.410 e. The maximum absolute atomic E-state index is 13.4. The Kier molecular flexibility index (Phi) is 7.10. The highest BCUT2D eigenvalue weighted by Gasteiger charge is 2.36. The Bertz CT molecular complexity index is 1170. The van der Waals surface area contributed by atoms with Crippen LogP contribution in [0.25, 0.3) is 0 Å². The van der Waals surface area contributed by atoms with Crippen LogP contribution in [0.15, 0.2) is 48.0 Å². The summed E-state index contributed by atoms with van der Waals surface area (Å²) in [6, 6.07) is 10.4. The van der Waals surface area contributed by atoms with Crippen LogP contribution in [0.1, 0.15) is 27.7 Å². The number of carbonyl (C=O) groups excluding carboxylic acids is 1. The lowest BCUT2D eigenvalue weighted by molar-refractivity contribution is -0.139. The zero-order chi connectivity index (χ0) is 23.4. The van der Waals surface area contributed by atoms with Crippen molar-refractivity contribution >= 4 is 35.0 Å². The summed E-state index contributed by atoms with van der Waals surface area (Å²) in [5.74, 6) is -1.15. The highest BCUT2D eigenvalue weighted by molar-refractivity contribution is 7.09. The van der Waals surface area contributed by atoms with E-state index in [2.05, 4.69) is 4.98 Å². The monoisotopic (exact) mass is 490 g/mol. The van der Waals surface area contributed by atoms with Crippen molar-refractivity contribution in [1.82, 2.24) is 9.88 Å². The number of carboxylic acid groups (broad SMARTS) is 1. The first-order valence-electron chi connectivity index (χ1n) is 10.2. The molecule has 0 radical (unpaired) electrons. The van der Waals surface area contributed by atoms with Crippen molar-refractivity contribution in [2.75, 3.05) is 19.8 Å². The van der Waals surface area contributed by atoms with E-state index in [1.54, 1.807) is 40.7 Å². The molecule has 10 heteroatoms. The third-order valence-corrected chi connectivity index (χ3v) is 6.34. The Hall–Kier alpha value is -3.17. The zero-order valence-electron chi connectivity index (χ0n) is 17.4. The van der Waals surface area contributed by atoms with Gasteiger partial charge in [0.25, 0.3) is 0 Å². The van der Waals surface area contributed by atoms with E-state index in [0.717, 1.165) is 16.1 Å². The van der Waals surface area contributed by atoms with E-state index in [4.69, 9.17) is 26.2 Å². The van der Waals surface area contributed by atoms with Crippen molar-refractivity contribution in [2.45, 2.75) is 18.9 Å². The molecule has 7 nitrogen and oxygen atoms in total. The fraction of sp³-hybridized carbons (Fsp3) is 0.261. The number of aliphatic carboxylic acids is 1. The topological polar surface area (TPSA) is 89.0 Å². The second kappa shape index (κ2) is 10.2. The van der Waals surface area contributed by atoms with Crippen LogP contribution in [0, 0.1) is 5.82 Å². The fourth-order valence-corrected chi connectivity index (χ4v) is 4.87. The molecule has 1 unspecified atom stereocenters. The average molecular weight is 491 g/mol. The molecule has 0 spiro atoms. The Balaban J connectivity index is 1.58. The fourth-order valence-electron chi connectivity index (χ4n) is 3.73. The largest absolute Gasteiger partial charge is 0.482 e. The molecule has 0 saturated heterocycles. The molecule has 1 N–H and O–H groups in total. The van der Waals surface area contributed by atoms with Crippen LogP contribution in [-0.2, 0) is 22.4 Å². The molecule has 1 aromatic heterocycles. The number of nitrogens with zero attached hydrogens (tertiary/aromatic N) is 2. The minimum absolute atomic E-state index is 0.0823. The van der Waals surface area contributed by atoms with Gasteiger partial charge in [-0.05, 0) is 35.9 Å². The predicted molar refractivity (Wildman–Crippen MR) is 120 cm³/mol. The molecule has 0 saturated carbocycles. The summed E-state index contributed by atoms with van der Waals surface area (Å²) < 4.78 is 24.4. The van der Waals surface area contributed by atoms with E-state index in [-0.39, 0.29) is 12.4 Å². The van der Waals surface area contributed by atoms with Gasteiger partial charge in [-0.3, -0.25) is 4.90 Å². The number of carboxylic acids is 1. The lowest BCUT2D eigenvalue weighted by atomic mass is 9.97. The molecule has 1 aliphatic rings. The van der Waals surface area contributed by atoms with Crippen molar-refractivity contribution < 1.29 is 28.6 Å². The Morgan fingerprint density at radius 1 is 1.27 bits per heavy atom. The second-order valence-electron chi connectivity index (χ2n) is 7.37. The van der Waals surface area contributed by atoms with Gasteiger partial charge in [-0.2, -0.15) is 0 Å². The predicted octanol–water partition coefficient (Wildman–Crippen LogP) is 4.73. The summed E-state index contributed by atoms with van der Waals surface area (Å²) in [7, 11) is 0. The summed E-state index contributed by atoms with van der Waals surface area (Å²) in [6.07, 6.45) is 0.387. The van der Waals surface area contributed by atoms with E-state index < -0.39 is 24.7 Å². The normalized spacial score (nSPS) is 15.1. The molecule has 1 aliphatic heterocycles. The Morgan fingerprint density at radius 2 is 2.12 bits per heavy atom. The number of thiazole rings is 1. The molecule has 1 amide bonds. The molecule has 0 bridgehead atoms. The van der Waals surface area contributed by atoms with Gasteiger partial charge < -0.3 is 14.6 Å². The van der Waals surface area contributed by atoms with Crippen LogP contribution < -0.4 is 4.74 Å². The molecule has 172 valence electrons. The first kappa shape index (κ1) is 23.0. The molecule has 0 fully saturated rings. The maximum Gasteiger partial charge on any atom is 0.410 e. The first-order chi connectivity index (χ1) is 15.9. The number of hydrogen-bond acceptors (Lipinski definition) is 6. The van der Waals surface area contributed by atoms with Gasteiger partial charge in [0.05, 0.1) is 22.7 Å². The molecule has 1 atom stereocenters. The quantitative estimate of drug-likeness (QED) is 0.515. The summed E-state index contributed by atoms with van der Waals surface area (Å²) in [4.78, 5) is 30.9. The number of halogens is 2. The molecule has 3 aromatic rings. The van der Waals surface area contributed by atoms with Crippen molar-refractivity contribution in [2.24, 2.45) is 0 Å². The molecule has 0 aliphatic carbocycles. The third-order valence-electron chi connectivity index (χ3n) is 5.18. The van der Waals surface area contributed by atoms with Gasteiger partial charge in [0.2, 0.25) is 0 Å². The van der Waals surface area contributed by atoms with Crippen LogP contribution in [0.4, 0.5) is 9.18 Å². The standard InChI is InChI=1S/C23H20ClFN2O5S/c24-15-4-5-19(32-12-20(28)29)17(11-15)21-22-18(26-13-33-22)6-8-27(21)23(30)31-9-7-14-2-1-3-16(25)10-14/h1-5,10-11,13,21H,6-9,12H2,(H,28,29). The lowest BCUT2D eigenvalue weighted by Gasteiger charge is -2.35. The van der Waals surface area contributed by atoms with Gasteiger partial charge in [0.1, 0.15) is 17.6 Å². The van der Waals surface area contributed by atoms with E-state index in [1.807, 2.05) is 0 Å². The Morgan fingerprint density at radius 3 is 2.91 bits per heavy atom. The summed E-state index contributed by atoms with van der Waals surface area (Å²) in [6.45, 7) is -0.0982. The van der Waals surface area contributed by atoms with Crippen LogP contribution in [0.2, 0.25) is 5.02 Å².